The molecule has 0 aliphatic rings. The van der Waals surface area contributed by atoms with Crippen molar-refractivity contribution in [2.75, 3.05) is 0 Å². The molecule has 1 atom stereocenters. The number of hydrogen-bond acceptors (Lipinski definition) is 4. The molecule has 2 aromatic rings. The molecule has 0 amide bonds. The zero-order valence-electron chi connectivity index (χ0n) is 10.0. The number of rotatable bonds is 4. The third kappa shape index (κ3) is 3.28. The standard InChI is InChI=1S/C13H16N2OS/c1-9-8-17-13(15-9)7-16-12-5-3-11(4-6-12)10(2)14/h3-6,8,10H,7,14H2,1-2H3/t10-/m1/s1. The van der Waals surface area contributed by atoms with Gasteiger partial charge in [-0.2, -0.15) is 0 Å². The zero-order valence-corrected chi connectivity index (χ0v) is 10.8. The van der Waals surface area contributed by atoms with Crippen molar-refractivity contribution < 1.29 is 4.74 Å². The Labute approximate surface area is 105 Å². The van der Waals surface area contributed by atoms with Gasteiger partial charge >= 0.3 is 0 Å². The fourth-order valence-corrected chi connectivity index (χ4v) is 2.16. The van der Waals surface area contributed by atoms with Crippen LogP contribution in [-0.4, -0.2) is 4.98 Å². The van der Waals surface area contributed by atoms with E-state index in [4.69, 9.17) is 10.5 Å². The van der Waals surface area contributed by atoms with Crippen LogP contribution in [0.25, 0.3) is 0 Å². The maximum atomic E-state index is 5.78. The molecule has 17 heavy (non-hydrogen) atoms. The average Bonchev–Trinajstić information content (AvgIpc) is 2.73. The van der Waals surface area contributed by atoms with Crippen LogP contribution in [0.1, 0.15) is 29.2 Å². The molecular formula is C13H16N2OS. The van der Waals surface area contributed by atoms with Crippen molar-refractivity contribution in [3.05, 3.63) is 45.9 Å². The van der Waals surface area contributed by atoms with E-state index < -0.39 is 0 Å². The van der Waals surface area contributed by atoms with E-state index in [2.05, 4.69) is 4.98 Å². The van der Waals surface area contributed by atoms with Crippen molar-refractivity contribution in [1.29, 1.82) is 0 Å². The average molecular weight is 248 g/mol. The number of hydrogen-bond donors (Lipinski definition) is 1. The number of benzene rings is 1. The van der Waals surface area contributed by atoms with Gasteiger partial charge in [0.15, 0.2) is 0 Å². The van der Waals surface area contributed by atoms with Gasteiger partial charge in [0, 0.05) is 17.1 Å². The predicted octanol–water partition coefficient (Wildman–Crippen LogP) is 3.05. The van der Waals surface area contributed by atoms with Crippen molar-refractivity contribution >= 4 is 11.3 Å². The van der Waals surface area contributed by atoms with E-state index in [1.165, 1.54) is 0 Å². The molecule has 90 valence electrons. The Hall–Kier alpha value is -1.39. The molecule has 1 aromatic carbocycles. The molecule has 2 N–H and O–H groups in total. The maximum absolute atomic E-state index is 5.78. The molecule has 0 saturated carbocycles. The van der Waals surface area contributed by atoms with Crippen LogP contribution in [0.4, 0.5) is 0 Å². The largest absolute Gasteiger partial charge is 0.486 e. The van der Waals surface area contributed by atoms with Crippen molar-refractivity contribution in [1.82, 2.24) is 4.98 Å². The first-order valence-corrected chi connectivity index (χ1v) is 6.42. The van der Waals surface area contributed by atoms with E-state index in [9.17, 15) is 0 Å². The first-order chi connectivity index (χ1) is 8.15. The second-order valence-corrected chi connectivity index (χ2v) is 4.97. The molecule has 0 unspecified atom stereocenters. The van der Waals surface area contributed by atoms with Crippen LogP contribution >= 0.6 is 11.3 Å². The molecule has 0 aliphatic heterocycles. The Morgan fingerprint density at radius 2 is 2.06 bits per heavy atom. The summed E-state index contributed by atoms with van der Waals surface area (Å²) < 4.78 is 5.65. The first-order valence-electron chi connectivity index (χ1n) is 5.54. The van der Waals surface area contributed by atoms with Gasteiger partial charge in [-0.05, 0) is 31.5 Å². The normalized spacial score (nSPS) is 12.4. The van der Waals surface area contributed by atoms with E-state index in [1.54, 1.807) is 11.3 Å². The Morgan fingerprint density at radius 3 is 2.59 bits per heavy atom. The molecule has 3 nitrogen and oxygen atoms in total. The van der Waals surface area contributed by atoms with E-state index in [0.717, 1.165) is 22.0 Å². The Morgan fingerprint density at radius 1 is 1.35 bits per heavy atom. The van der Waals surface area contributed by atoms with Crippen LogP contribution in [0.3, 0.4) is 0 Å². The molecule has 1 aromatic heterocycles. The number of thiazole rings is 1. The van der Waals surface area contributed by atoms with Crippen LogP contribution in [0.5, 0.6) is 5.75 Å². The smallest absolute Gasteiger partial charge is 0.140 e. The number of aromatic nitrogens is 1. The quantitative estimate of drug-likeness (QED) is 0.904. The fraction of sp³-hybridized carbons (Fsp3) is 0.308. The van der Waals surface area contributed by atoms with Crippen molar-refractivity contribution in [2.24, 2.45) is 5.73 Å². The van der Waals surface area contributed by atoms with E-state index >= 15 is 0 Å². The number of ether oxygens (including phenoxy) is 1. The lowest BCUT2D eigenvalue weighted by atomic mass is 10.1. The summed E-state index contributed by atoms with van der Waals surface area (Å²) in [7, 11) is 0. The topological polar surface area (TPSA) is 48.1 Å². The molecule has 0 aliphatic carbocycles. The summed E-state index contributed by atoms with van der Waals surface area (Å²) in [5.41, 5.74) is 7.94. The number of nitrogens with zero attached hydrogens (tertiary/aromatic N) is 1. The van der Waals surface area contributed by atoms with Gasteiger partial charge in [0.2, 0.25) is 0 Å². The molecular weight excluding hydrogens is 232 g/mol. The Bertz CT molecular complexity index is 476. The molecule has 2 rings (SSSR count). The van der Waals surface area contributed by atoms with Gasteiger partial charge in [-0.25, -0.2) is 4.98 Å². The molecule has 4 heteroatoms. The van der Waals surface area contributed by atoms with Gasteiger partial charge in [-0.1, -0.05) is 12.1 Å². The van der Waals surface area contributed by atoms with Gasteiger partial charge in [0.25, 0.3) is 0 Å². The number of aryl methyl sites for hydroxylation is 1. The summed E-state index contributed by atoms with van der Waals surface area (Å²) in [6.45, 7) is 4.47. The summed E-state index contributed by atoms with van der Waals surface area (Å²) in [5.74, 6) is 0.849. The molecule has 0 saturated heterocycles. The highest BCUT2D eigenvalue weighted by atomic mass is 32.1. The summed E-state index contributed by atoms with van der Waals surface area (Å²) in [5, 5.41) is 3.02. The van der Waals surface area contributed by atoms with Crippen molar-refractivity contribution in [3.8, 4) is 5.75 Å². The second kappa shape index (κ2) is 5.29. The summed E-state index contributed by atoms with van der Waals surface area (Å²) in [4.78, 5) is 4.35. The minimum Gasteiger partial charge on any atom is -0.486 e. The van der Waals surface area contributed by atoms with Crippen LogP contribution in [-0.2, 0) is 6.61 Å². The van der Waals surface area contributed by atoms with Crippen molar-refractivity contribution in [3.63, 3.8) is 0 Å². The van der Waals surface area contributed by atoms with Gasteiger partial charge < -0.3 is 10.5 Å². The lowest BCUT2D eigenvalue weighted by molar-refractivity contribution is 0.305. The van der Waals surface area contributed by atoms with Gasteiger partial charge in [0.1, 0.15) is 17.4 Å². The van der Waals surface area contributed by atoms with Crippen molar-refractivity contribution in [2.45, 2.75) is 26.5 Å². The van der Waals surface area contributed by atoms with E-state index in [-0.39, 0.29) is 6.04 Å². The fourth-order valence-electron chi connectivity index (χ4n) is 1.48. The molecule has 0 bridgehead atoms. The van der Waals surface area contributed by atoms with Gasteiger partial charge in [-0.15, -0.1) is 11.3 Å². The number of nitrogens with two attached hydrogens (primary N) is 1. The van der Waals surface area contributed by atoms with Crippen LogP contribution in [0.2, 0.25) is 0 Å². The van der Waals surface area contributed by atoms with E-state index in [1.807, 2.05) is 43.5 Å². The molecule has 0 fully saturated rings. The van der Waals surface area contributed by atoms with Gasteiger partial charge in [-0.3, -0.25) is 0 Å². The highest BCUT2D eigenvalue weighted by Gasteiger charge is 2.02. The molecule has 1 heterocycles. The highest BCUT2D eigenvalue weighted by Crippen LogP contribution is 2.18. The first kappa shape index (κ1) is 12.1. The monoisotopic (exact) mass is 248 g/mol. The predicted molar refractivity (Wildman–Crippen MR) is 70.2 cm³/mol. The minimum absolute atomic E-state index is 0.0608. The minimum atomic E-state index is 0.0608. The van der Waals surface area contributed by atoms with Crippen LogP contribution in [0, 0.1) is 6.92 Å². The van der Waals surface area contributed by atoms with Crippen LogP contribution in [0.15, 0.2) is 29.6 Å². The second-order valence-electron chi connectivity index (χ2n) is 4.03. The summed E-state index contributed by atoms with van der Waals surface area (Å²) in [6.07, 6.45) is 0. The van der Waals surface area contributed by atoms with E-state index in [0.29, 0.717) is 6.61 Å². The third-order valence-corrected chi connectivity index (χ3v) is 3.37. The Balaban J connectivity index is 1.95. The van der Waals surface area contributed by atoms with Crippen LogP contribution < -0.4 is 10.5 Å². The SMILES string of the molecule is Cc1csc(COc2ccc([C@@H](C)N)cc2)n1. The molecule has 0 radical (unpaired) electrons. The maximum Gasteiger partial charge on any atom is 0.140 e. The zero-order chi connectivity index (χ0) is 12.3. The molecule has 0 spiro atoms. The third-order valence-electron chi connectivity index (χ3n) is 2.43. The highest BCUT2D eigenvalue weighted by molar-refractivity contribution is 7.09. The lowest BCUT2D eigenvalue weighted by Gasteiger charge is -2.07. The Kier molecular flexibility index (Phi) is 3.76. The van der Waals surface area contributed by atoms with Gasteiger partial charge in [0.05, 0.1) is 0 Å². The summed E-state index contributed by atoms with van der Waals surface area (Å²) in [6, 6.07) is 7.93. The lowest BCUT2D eigenvalue weighted by Crippen LogP contribution is -2.04. The summed E-state index contributed by atoms with van der Waals surface area (Å²) >= 11 is 1.62.